The first kappa shape index (κ1) is 18.7. The molecule has 0 radical (unpaired) electrons. The lowest BCUT2D eigenvalue weighted by Crippen LogP contribution is -2.42. The highest BCUT2D eigenvalue weighted by Crippen LogP contribution is 2.30. The Hall–Kier alpha value is -3.61. The third kappa shape index (κ3) is 3.71. The Bertz CT molecular complexity index is 1090. The number of para-hydroxylation sites is 3. The van der Waals surface area contributed by atoms with Gasteiger partial charge in [-0.3, -0.25) is 4.79 Å². The number of halogens is 1. The molecule has 0 saturated heterocycles. The molecule has 2 heterocycles. The fraction of sp³-hybridized carbons (Fsp3) is 0.182. The van der Waals surface area contributed by atoms with Gasteiger partial charge in [-0.15, -0.1) is 0 Å². The number of aryl methyl sites for hydroxylation is 1. The maximum Gasteiger partial charge on any atom is 0.284 e. The molecule has 1 aliphatic rings. The van der Waals surface area contributed by atoms with Crippen LogP contribution in [0.4, 0.5) is 4.39 Å². The Morgan fingerprint density at radius 1 is 1.17 bits per heavy atom. The molecule has 0 unspecified atom stereocenters. The van der Waals surface area contributed by atoms with Crippen molar-refractivity contribution in [3.63, 3.8) is 0 Å². The zero-order valence-electron chi connectivity index (χ0n) is 16.1. The van der Waals surface area contributed by atoms with E-state index >= 15 is 0 Å². The second-order valence-corrected chi connectivity index (χ2v) is 6.71. The van der Waals surface area contributed by atoms with Gasteiger partial charge in [0, 0.05) is 17.0 Å². The Labute approximate surface area is 167 Å². The SMILES string of the molecule is Cc1cc(/C=N\NC(=O)[C@@H]2COc3ccccc3O2)c(C)n1-c1ccccc1F. The fourth-order valence-corrected chi connectivity index (χ4v) is 3.31. The second-order valence-electron chi connectivity index (χ2n) is 6.71. The third-order valence-corrected chi connectivity index (χ3v) is 4.74. The van der Waals surface area contributed by atoms with Crippen LogP contribution in [0.5, 0.6) is 11.5 Å². The highest BCUT2D eigenvalue weighted by molar-refractivity contribution is 5.86. The summed E-state index contributed by atoms with van der Waals surface area (Å²) in [7, 11) is 0. The number of hydrogen-bond donors (Lipinski definition) is 1. The summed E-state index contributed by atoms with van der Waals surface area (Å²) in [6.45, 7) is 3.87. The first-order valence-corrected chi connectivity index (χ1v) is 9.20. The minimum absolute atomic E-state index is 0.111. The summed E-state index contributed by atoms with van der Waals surface area (Å²) in [5.74, 6) is 0.427. The molecule has 1 amide bonds. The number of fused-ring (bicyclic) bond motifs is 1. The molecule has 1 aromatic heterocycles. The predicted molar refractivity (Wildman–Crippen MR) is 107 cm³/mol. The minimum Gasteiger partial charge on any atom is -0.485 e. The van der Waals surface area contributed by atoms with Gasteiger partial charge in [0.1, 0.15) is 12.4 Å². The highest BCUT2D eigenvalue weighted by Gasteiger charge is 2.27. The van der Waals surface area contributed by atoms with Gasteiger partial charge in [0.15, 0.2) is 11.5 Å². The molecule has 4 rings (SSSR count). The summed E-state index contributed by atoms with van der Waals surface area (Å²) >= 11 is 0. The van der Waals surface area contributed by atoms with Crippen LogP contribution in [0.1, 0.15) is 17.0 Å². The zero-order chi connectivity index (χ0) is 20.4. The number of amides is 1. The molecule has 1 atom stereocenters. The van der Waals surface area contributed by atoms with E-state index in [4.69, 9.17) is 9.47 Å². The molecule has 148 valence electrons. The molecule has 0 aliphatic carbocycles. The van der Waals surface area contributed by atoms with Crippen molar-refractivity contribution >= 4 is 12.1 Å². The summed E-state index contributed by atoms with van der Waals surface area (Å²) in [5, 5.41) is 4.04. The van der Waals surface area contributed by atoms with Crippen LogP contribution in [0.2, 0.25) is 0 Å². The summed E-state index contributed by atoms with van der Waals surface area (Å²) in [6, 6.07) is 15.6. The van der Waals surface area contributed by atoms with E-state index < -0.39 is 12.0 Å². The summed E-state index contributed by atoms with van der Waals surface area (Å²) < 4.78 is 27.2. The van der Waals surface area contributed by atoms with Crippen LogP contribution < -0.4 is 14.9 Å². The van der Waals surface area contributed by atoms with Crippen LogP contribution in [0.25, 0.3) is 5.69 Å². The first-order chi connectivity index (χ1) is 14.0. The van der Waals surface area contributed by atoms with E-state index in [-0.39, 0.29) is 12.4 Å². The van der Waals surface area contributed by atoms with Gasteiger partial charge in [0.2, 0.25) is 6.10 Å². The Morgan fingerprint density at radius 2 is 1.90 bits per heavy atom. The third-order valence-electron chi connectivity index (χ3n) is 4.74. The van der Waals surface area contributed by atoms with Gasteiger partial charge in [0.25, 0.3) is 5.91 Å². The lowest BCUT2D eigenvalue weighted by atomic mass is 10.2. The number of hydrogen-bond acceptors (Lipinski definition) is 4. The summed E-state index contributed by atoms with van der Waals surface area (Å²) in [5.41, 5.74) is 5.40. The van der Waals surface area contributed by atoms with Crippen molar-refractivity contribution in [3.05, 3.63) is 77.4 Å². The number of nitrogens with one attached hydrogen (secondary N) is 1. The average molecular weight is 393 g/mol. The van der Waals surface area contributed by atoms with Crippen LogP contribution in [0.3, 0.4) is 0 Å². The standard InChI is InChI=1S/C22H20FN3O3/c1-14-11-16(15(2)26(14)18-8-4-3-7-17(18)23)12-24-25-22(27)21-13-28-19-9-5-6-10-20(19)29-21/h3-12,21H,13H2,1-2H3,(H,25,27)/b24-12-/t21-/m0/s1. The molecule has 3 aromatic rings. The van der Waals surface area contributed by atoms with E-state index in [1.165, 1.54) is 12.3 Å². The van der Waals surface area contributed by atoms with Gasteiger partial charge in [-0.1, -0.05) is 24.3 Å². The number of benzene rings is 2. The van der Waals surface area contributed by atoms with E-state index in [1.54, 1.807) is 30.3 Å². The van der Waals surface area contributed by atoms with Crippen LogP contribution in [0, 0.1) is 19.7 Å². The summed E-state index contributed by atoms with van der Waals surface area (Å²) in [6.07, 6.45) is 0.753. The molecular weight excluding hydrogens is 373 g/mol. The maximum absolute atomic E-state index is 14.2. The number of ether oxygens (including phenoxy) is 2. The van der Waals surface area contributed by atoms with Crippen molar-refractivity contribution < 1.29 is 18.7 Å². The van der Waals surface area contributed by atoms with Crippen molar-refractivity contribution in [2.24, 2.45) is 5.10 Å². The minimum atomic E-state index is -0.784. The van der Waals surface area contributed by atoms with Crippen molar-refractivity contribution in [1.29, 1.82) is 0 Å². The Morgan fingerprint density at radius 3 is 2.69 bits per heavy atom. The number of carbonyl (C=O) groups is 1. The lowest BCUT2D eigenvalue weighted by Gasteiger charge is -2.24. The number of nitrogens with zero attached hydrogens (tertiary/aromatic N) is 2. The maximum atomic E-state index is 14.2. The van der Waals surface area contributed by atoms with E-state index in [2.05, 4.69) is 10.5 Å². The van der Waals surface area contributed by atoms with Crippen molar-refractivity contribution in [3.8, 4) is 17.2 Å². The molecule has 0 spiro atoms. The number of hydrazone groups is 1. The van der Waals surface area contributed by atoms with E-state index in [9.17, 15) is 9.18 Å². The smallest absolute Gasteiger partial charge is 0.284 e. The molecular formula is C22H20FN3O3. The average Bonchev–Trinajstić information content (AvgIpc) is 3.01. The molecule has 2 aromatic carbocycles. The van der Waals surface area contributed by atoms with Gasteiger partial charge in [-0.25, -0.2) is 9.82 Å². The van der Waals surface area contributed by atoms with E-state index in [0.29, 0.717) is 17.2 Å². The number of aromatic nitrogens is 1. The molecule has 29 heavy (non-hydrogen) atoms. The fourth-order valence-electron chi connectivity index (χ4n) is 3.31. The van der Waals surface area contributed by atoms with Crippen molar-refractivity contribution in [1.82, 2.24) is 9.99 Å². The molecule has 1 N–H and O–H groups in total. The Balaban J connectivity index is 1.46. The highest BCUT2D eigenvalue weighted by atomic mass is 19.1. The second kappa shape index (κ2) is 7.79. The van der Waals surface area contributed by atoms with Gasteiger partial charge in [0.05, 0.1) is 11.9 Å². The molecule has 7 heteroatoms. The quantitative estimate of drug-likeness (QED) is 0.545. The zero-order valence-corrected chi connectivity index (χ0v) is 16.1. The molecule has 0 saturated carbocycles. The van der Waals surface area contributed by atoms with Crippen molar-refractivity contribution in [2.75, 3.05) is 6.61 Å². The van der Waals surface area contributed by atoms with Crippen LogP contribution in [-0.2, 0) is 4.79 Å². The Kier molecular flexibility index (Phi) is 5.03. The lowest BCUT2D eigenvalue weighted by molar-refractivity contribution is -0.130. The van der Waals surface area contributed by atoms with E-state index in [0.717, 1.165) is 17.0 Å². The monoisotopic (exact) mass is 393 g/mol. The van der Waals surface area contributed by atoms with Crippen molar-refractivity contribution in [2.45, 2.75) is 20.0 Å². The molecule has 0 fully saturated rings. The van der Waals surface area contributed by atoms with Gasteiger partial charge in [-0.2, -0.15) is 5.10 Å². The predicted octanol–water partition coefficient (Wildman–Crippen LogP) is 3.52. The molecule has 6 nitrogen and oxygen atoms in total. The topological polar surface area (TPSA) is 64.8 Å². The van der Waals surface area contributed by atoms with Gasteiger partial charge < -0.3 is 14.0 Å². The number of carbonyl (C=O) groups excluding carboxylic acids is 1. The van der Waals surface area contributed by atoms with E-state index in [1.807, 2.05) is 36.6 Å². The van der Waals surface area contributed by atoms with Crippen LogP contribution in [-0.4, -0.2) is 29.4 Å². The van der Waals surface area contributed by atoms with Gasteiger partial charge >= 0.3 is 0 Å². The first-order valence-electron chi connectivity index (χ1n) is 9.20. The molecule has 0 bridgehead atoms. The number of rotatable bonds is 4. The largest absolute Gasteiger partial charge is 0.485 e. The molecule has 1 aliphatic heterocycles. The normalized spacial score (nSPS) is 15.5. The van der Waals surface area contributed by atoms with Gasteiger partial charge in [-0.05, 0) is 44.2 Å². The summed E-state index contributed by atoms with van der Waals surface area (Å²) in [4.78, 5) is 12.3. The van der Waals surface area contributed by atoms with Crippen LogP contribution >= 0.6 is 0 Å². The van der Waals surface area contributed by atoms with Crippen LogP contribution in [0.15, 0.2) is 59.7 Å².